The molecule has 0 bridgehead atoms. The van der Waals surface area contributed by atoms with Crippen LogP contribution in [0.5, 0.6) is 0 Å². The van der Waals surface area contributed by atoms with Crippen LogP contribution < -0.4 is 0 Å². The van der Waals surface area contributed by atoms with Gasteiger partial charge in [-0.3, -0.25) is 9.59 Å². The van der Waals surface area contributed by atoms with E-state index in [2.05, 4.69) is 4.99 Å². The number of esters is 2. The van der Waals surface area contributed by atoms with Crippen molar-refractivity contribution < 1.29 is 37.0 Å². The Hall–Kier alpha value is -3.28. The van der Waals surface area contributed by atoms with Gasteiger partial charge in [0.15, 0.2) is 10.9 Å². The van der Waals surface area contributed by atoms with Gasteiger partial charge in [-0.05, 0) is 57.1 Å². The number of halogens is 3. The fourth-order valence-corrected chi connectivity index (χ4v) is 6.05. The number of benzene rings is 1. The van der Waals surface area contributed by atoms with E-state index in [9.17, 15) is 27.6 Å². The summed E-state index contributed by atoms with van der Waals surface area (Å²) >= 11 is 0.984. The van der Waals surface area contributed by atoms with Gasteiger partial charge in [0.1, 0.15) is 0 Å². The third-order valence-corrected chi connectivity index (χ3v) is 7.99. The molecule has 0 N–H and O–H groups in total. The molecule has 216 valence electrons. The average Bonchev–Trinajstić information content (AvgIpc) is 3.31. The van der Waals surface area contributed by atoms with Crippen LogP contribution >= 0.6 is 11.8 Å². The summed E-state index contributed by atoms with van der Waals surface area (Å²) in [7, 11) is 0. The number of ether oxygens (including phenoxy) is 2. The van der Waals surface area contributed by atoms with Crippen molar-refractivity contribution in [3.8, 4) is 0 Å². The maximum atomic E-state index is 14.3. The fourth-order valence-electron chi connectivity index (χ4n) is 5.13. The van der Waals surface area contributed by atoms with Gasteiger partial charge in [-0.1, -0.05) is 35.5 Å². The molecule has 1 saturated heterocycles. The van der Waals surface area contributed by atoms with Crippen molar-refractivity contribution in [3.63, 3.8) is 0 Å². The van der Waals surface area contributed by atoms with Gasteiger partial charge in [0.25, 0.3) is 0 Å². The molecular formula is C28H32F3N3O5S. The van der Waals surface area contributed by atoms with Crippen LogP contribution in [-0.4, -0.2) is 65.3 Å². The molecule has 0 radical (unpaired) electrons. The summed E-state index contributed by atoms with van der Waals surface area (Å²) < 4.78 is 53.1. The lowest BCUT2D eigenvalue weighted by molar-refractivity contribution is -0.151. The van der Waals surface area contributed by atoms with Crippen LogP contribution in [0.15, 0.2) is 45.6 Å². The first-order valence-corrected chi connectivity index (χ1v) is 14.1. The molecule has 4 rings (SSSR count). The Kier molecular flexibility index (Phi) is 8.96. The lowest BCUT2D eigenvalue weighted by Crippen LogP contribution is -2.43. The highest BCUT2D eigenvalue weighted by Crippen LogP contribution is 2.49. The third-order valence-electron chi connectivity index (χ3n) is 7.10. The number of carbonyl (C=O) groups excluding carboxylic acids is 3. The summed E-state index contributed by atoms with van der Waals surface area (Å²) in [6.45, 7) is 7.78. The minimum Gasteiger partial charge on any atom is -0.466 e. The van der Waals surface area contributed by atoms with Crippen molar-refractivity contribution in [2.75, 3.05) is 26.3 Å². The van der Waals surface area contributed by atoms with Crippen molar-refractivity contribution >= 4 is 34.8 Å². The number of aryl methyl sites for hydroxylation is 2. The number of hydrogen-bond donors (Lipinski definition) is 0. The number of rotatable bonds is 7. The largest absolute Gasteiger partial charge is 0.466 e. The molecule has 1 unspecified atom stereocenters. The lowest BCUT2D eigenvalue weighted by atomic mass is 9.89. The number of amidine groups is 1. The summed E-state index contributed by atoms with van der Waals surface area (Å²) in [5, 5.41) is 1.65. The summed E-state index contributed by atoms with van der Waals surface area (Å²) in [4.78, 5) is 45.6. The molecule has 1 atom stereocenters. The van der Waals surface area contributed by atoms with E-state index in [0.29, 0.717) is 49.4 Å². The van der Waals surface area contributed by atoms with Crippen LogP contribution in [0.4, 0.5) is 13.2 Å². The maximum Gasteiger partial charge on any atom is 0.434 e. The van der Waals surface area contributed by atoms with Crippen molar-refractivity contribution in [1.82, 2.24) is 9.80 Å². The molecule has 8 nitrogen and oxygen atoms in total. The first-order valence-electron chi connectivity index (χ1n) is 13.2. The summed E-state index contributed by atoms with van der Waals surface area (Å²) in [6.07, 6.45) is -4.05. The lowest BCUT2D eigenvalue weighted by Gasteiger charge is -2.38. The van der Waals surface area contributed by atoms with Crippen molar-refractivity contribution in [2.24, 2.45) is 10.9 Å². The first kappa shape index (κ1) is 29.7. The Morgan fingerprint density at radius 3 is 2.38 bits per heavy atom. The smallest absolute Gasteiger partial charge is 0.434 e. The van der Waals surface area contributed by atoms with Gasteiger partial charge in [-0.25, -0.2) is 9.79 Å². The molecule has 40 heavy (non-hydrogen) atoms. The Labute approximate surface area is 235 Å². The van der Waals surface area contributed by atoms with Crippen LogP contribution in [0.3, 0.4) is 0 Å². The molecule has 3 aliphatic heterocycles. The number of alkyl halides is 3. The van der Waals surface area contributed by atoms with Gasteiger partial charge in [0.2, 0.25) is 5.91 Å². The van der Waals surface area contributed by atoms with E-state index >= 15 is 0 Å². The quantitative estimate of drug-likeness (QED) is 0.412. The molecule has 0 aliphatic carbocycles. The van der Waals surface area contributed by atoms with E-state index in [1.807, 2.05) is 13.0 Å². The van der Waals surface area contributed by atoms with Gasteiger partial charge in [-0.2, -0.15) is 13.2 Å². The molecule has 12 heteroatoms. The molecule has 0 spiro atoms. The topological polar surface area (TPSA) is 88.5 Å². The maximum absolute atomic E-state index is 14.3. The van der Waals surface area contributed by atoms with E-state index < -0.39 is 29.5 Å². The van der Waals surface area contributed by atoms with Crippen LogP contribution in [-0.2, 0) is 23.9 Å². The molecule has 3 heterocycles. The standard InChI is InChI=1S/C28H32F3N3O5S/c1-5-38-25(36)18-9-11-33(12-10-18)21(35)14-19-15-40-27-32-24(28(29,30)31)22(26(37)39-6-2)23(34(19)27)20-13-16(3)7-8-17(20)4/h7-8,13,15,18,23H,5-6,9-12,14H2,1-4H3. The molecule has 0 saturated carbocycles. The predicted molar refractivity (Wildman–Crippen MR) is 144 cm³/mol. The normalized spacial score (nSPS) is 19.7. The second-order valence-electron chi connectivity index (χ2n) is 9.82. The van der Waals surface area contributed by atoms with Gasteiger partial charge in [0.05, 0.1) is 37.2 Å². The minimum absolute atomic E-state index is 0.0371. The molecular weight excluding hydrogens is 547 g/mol. The van der Waals surface area contributed by atoms with Crippen molar-refractivity contribution in [2.45, 2.75) is 59.2 Å². The Morgan fingerprint density at radius 2 is 1.75 bits per heavy atom. The minimum atomic E-state index is -4.90. The van der Waals surface area contributed by atoms with Gasteiger partial charge >= 0.3 is 18.1 Å². The number of carbonyl (C=O) groups is 3. The van der Waals surface area contributed by atoms with Gasteiger partial charge in [0, 0.05) is 18.8 Å². The molecule has 3 aliphatic rings. The van der Waals surface area contributed by atoms with Gasteiger partial charge in [-0.15, -0.1) is 0 Å². The molecule has 1 amide bonds. The van der Waals surface area contributed by atoms with E-state index in [4.69, 9.17) is 9.47 Å². The summed E-state index contributed by atoms with van der Waals surface area (Å²) in [5.74, 6) is -1.86. The van der Waals surface area contributed by atoms with Crippen LogP contribution in [0.2, 0.25) is 0 Å². The number of thioether (sulfide) groups is 1. The number of amides is 1. The molecule has 1 aromatic rings. The predicted octanol–water partition coefficient (Wildman–Crippen LogP) is 5.18. The fraction of sp³-hybridized carbons (Fsp3) is 0.500. The zero-order chi connectivity index (χ0) is 29.2. The molecule has 1 fully saturated rings. The highest BCUT2D eigenvalue weighted by molar-refractivity contribution is 8.16. The van der Waals surface area contributed by atoms with E-state index in [1.165, 1.54) is 6.92 Å². The highest BCUT2D eigenvalue weighted by Gasteiger charge is 2.49. The number of allylic oxidation sites excluding steroid dienone is 1. The van der Waals surface area contributed by atoms with E-state index in [0.717, 1.165) is 17.3 Å². The van der Waals surface area contributed by atoms with Crippen molar-refractivity contribution in [3.05, 3.63) is 57.3 Å². The zero-order valence-electron chi connectivity index (χ0n) is 22.8. The van der Waals surface area contributed by atoms with Crippen LogP contribution in [0.25, 0.3) is 0 Å². The highest BCUT2D eigenvalue weighted by atomic mass is 32.2. The Balaban J connectivity index is 1.68. The molecule has 1 aromatic carbocycles. The molecule has 0 aromatic heterocycles. The monoisotopic (exact) mass is 579 g/mol. The van der Waals surface area contributed by atoms with Crippen molar-refractivity contribution in [1.29, 1.82) is 0 Å². The number of piperidine rings is 1. The summed E-state index contributed by atoms with van der Waals surface area (Å²) in [5.41, 5.74) is 0.521. The first-order chi connectivity index (χ1) is 19.0. The SMILES string of the molecule is CCOC(=O)C1=C(C(F)(F)F)N=C2SC=C(CC(=O)N3CCC(C(=O)OCC)CC3)N2C1c1cc(C)ccc1C. The van der Waals surface area contributed by atoms with Crippen LogP contribution in [0, 0.1) is 19.8 Å². The van der Waals surface area contributed by atoms with Crippen LogP contribution in [0.1, 0.15) is 55.8 Å². The summed E-state index contributed by atoms with van der Waals surface area (Å²) in [6, 6.07) is 4.19. The average molecular weight is 580 g/mol. The number of likely N-dealkylation sites (tertiary alicyclic amines) is 1. The zero-order valence-corrected chi connectivity index (χ0v) is 23.7. The second kappa shape index (κ2) is 12.1. The Bertz CT molecular complexity index is 1280. The number of fused-ring (bicyclic) bond motifs is 1. The number of hydrogen-bond acceptors (Lipinski definition) is 8. The number of nitrogens with zero attached hydrogens (tertiary/aromatic N) is 3. The Morgan fingerprint density at radius 1 is 1.07 bits per heavy atom. The van der Waals surface area contributed by atoms with E-state index in [-0.39, 0.29) is 36.0 Å². The van der Waals surface area contributed by atoms with E-state index in [1.54, 1.807) is 41.2 Å². The second-order valence-corrected chi connectivity index (χ2v) is 10.7. The van der Waals surface area contributed by atoms with Gasteiger partial charge < -0.3 is 19.3 Å². The number of aliphatic imine (C=N–C) groups is 1. The third kappa shape index (κ3) is 6.06.